The molecular formula is C13H19N3O2. The van der Waals surface area contributed by atoms with E-state index < -0.39 is 5.54 Å². The molecule has 1 saturated carbocycles. The second-order valence-electron chi connectivity index (χ2n) is 5.22. The van der Waals surface area contributed by atoms with Crippen molar-refractivity contribution in [2.45, 2.75) is 39.2 Å². The van der Waals surface area contributed by atoms with E-state index in [1.165, 1.54) is 6.20 Å². The Balaban J connectivity index is 2.16. The average Bonchev–Trinajstić information content (AvgIpc) is 3.12. The van der Waals surface area contributed by atoms with E-state index >= 15 is 0 Å². The van der Waals surface area contributed by atoms with Gasteiger partial charge in [0.05, 0.1) is 23.4 Å². The number of carbonyl (C=O) groups excluding carboxylic acids is 1. The van der Waals surface area contributed by atoms with Crippen LogP contribution in [0.2, 0.25) is 0 Å². The molecule has 5 nitrogen and oxygen atoms in total. The third kappa shape index (κ3) is 2.51. The van der Waals surface area contributed by atoms with Crippen LogP contribution >= 0.6 is 0 Å². The number of amides is 1. The summed E-state index contributed by atoms with van der Waals surface area (Å²) in [6.45, 7) is 5.41. The fraction of sp³-hybridized carbons (Fsp3) is 0.615. The maximum atomic E-state index is 12.2. The first-order valence-electron chi connectivity index (χ1n) is 6.20. The molecule has 1 aromatic heterocycles. The van der Waals surface area contributed by atoms with E-state index in [9.17, 15) is 9.90 Å². The largest absolute Gasteiger partial charge is 0.394 e. The standard InChI is InChI=1S/C13H19N3O2/c1-8-11(6-14-9(2)15-8)12(18)16-13(3,7-17)10-4-5-10/h6,10,17H,4-5,7H2,1-3H3,(H,16,18). The lowest BCUT2D eigenvalue weighted by Crippen LogP contribution is -2.51. The summed E-state index contributed by atoms with van der Waals surface area (Å²) in [4.78, 5) is 20.4. The second kappa shape index (κ2) is 4.65. The van der Waals surface area contributed by atoms with Crippen LogP contribution in [-0.2, 0) is 0 Å². The molecule has 1 fully saturated rings. The summed E-state index contributed by atoms with van der Waals surface area (Å²) in [6.07, 6.45) is 3.65. The molecular weight excluding hydrogens is 230 g/mol. The molecule has 0 spiro atoms. The topological polar surface area (TPSA) is 75.1 Å². The number of aliphatic hydroxyl groups is 1. The molecule has 98 valence electrons. The fourth-order valence-electron chi connectivity index (χ4n) is 2.12. The Bertz CT molecular complexity index is 471. The van der Waals surface area contributed by atoms with Crippen molar-refractivity contribution in [1.82, 2.24) is 15.3 Å². The molecule has 0 aromatic carbocycles. The van der Waals surface area contributed by atoms with Crippen LogP contribution in [0.1, 0.15) is 41.6 Å². The Labute approximate surface area is 107 Å². The highest BCUT2D eigenvalue weighted by Gasteiger charge is 2.42. The Kier molecular flexibility index (Phi) is 3.34. The molecule has 1 aliphatic rings. The Morgan fingerprint density at radius 3 is 2.72 bits per heavy atom. The van der Waals surface area contributed by atoms with E-state index in [-0.39, 0.29) is 12.5 Å². The predicted molar refractivity (Wildman–Crippen MR) is 67.2 cm³/mol. The lowest BCUT2D eigenvalue weighted by atomic mass is 9.96. The number of nitrogens with one attached hydrogen (secondary N) is 1. The zero-order chi connectivity index (χ0) is 13.3. The average molecular weight is 249 g/mol. The van der Waals surface area contributed by atoms with Gasteiger partial charge in [-0.3, -0.25) is 4.79 Å². The minimum absolute atomic E-state index is 0.0465. The highest BCUT2D eigenvalue weighted by Crippen LogP contribution is 2.39. The van der Waals surface area contributed by atoms with Gasteiger partial charge < -0.3 is 10.4 Å². The van der Waals surface area contributed by atoms with Crippen molar-refractivity contribution in [3.8, 4) is 0 Å². The van der Waals surface area contributed by atoms with Gasteiger partial charge in [0.15, 0.2) is 0 Å². The van der Waals surface area contributed by atoms with Crippen LogP contribution in [0.3, 0.4) is 0 Å². The first-order valence-corrected chi connectivity index (χ1v) is 6.20. The van der Waals surface area contributed by atoms with Crippen LogP contribution < -0.4 is 5.32 Å². The molecule has 0 bridgehead atoms. The fourth-order valence-corrected chi connectivity index (χ4v) is 2.12. The summed E-state index contributed by atoms with van der Waals surface area (Å²) in [5.74, 6) is 0.810. The molecule has 1 heterocycles. The van der Waals surface area contributed by atoms with Crippen molar-refractivity contribution in [2.24, 2.45) is 5.92 Å². The van der Waals surface area contributed by atoms with Crippen LogP contribution in [0.15, 0.2) is 6.20 Å². The maximum Gasteiger partial charge on any atom is 0.255 e. The Morgan fingerprint density at radius 2 is 2.22 bits per heavy atom. The molecule has 1 aromatic rings. The summed E-state index contributed by atoms with van der Waals surface area (Å²) in [5.41, 5.74) is 0.603. The van der Waals surface area contributed by atoms with Gasteiger partial charge in [0, 0.05) is 6.20 Å². The SMILES string of the molecule is Cc1ncc(C(=O)NC(C)(CO)C2CC2)c(C)n1. The number of hydrogen-bond acceptors (Lipinski definition) is 4. The van der Waals surface area contributed by atoms with Crippen LogP contribution in [-0.4, -0.2) is 33.1 Å². The molecule has 18 heavy (non-hydrogen) atoms. The quantitative estimate of drug-likeness (QED) is 0.834. The van der Waals surface area contributed by atoms with E-state index in [1.54, 1.807) is 13.8 Å². The highest BCUT2D eigenvalue weighted by molar-refractivity contribution is 5.95. The molecule has 1 amide bonds. The molecule has 1 aliphatic carbocycles. The first-order chi connectivity index (χ1) is 8.46. The molecule has 2 N–H and O–H groups in total. The second-order valence-corrected chi connectivity index (χ2v) is 5.22. The third-order valence-electron chi connectivity index (χ3n) is 3.55. The van der Waals surface area contributed by atoms with E-state index in [2.05, 4.69) is 15.3 Å². The summed E-state index contributed by atoms with van der Waals surface area (Å²) < 4.78 is 0. The van der Waals surface area contributed by atoms with Crippen molar-refractivity contribution in [1.29, 1.82) is 0 Å². The molecule has 0 aliphatic heterocycles. The number of aryl methyl sites for hydroxylation is 2. The van der Waals surface area contributed by atoms with Gasteiger partial charge in [-0.1, -0.05) is 0 Å². The van der Waals surface area contributed by atoms with Crippen molar-refractivity contribution in [2.75, 3.05) is 6.61 Å². The van der Waals surface area contributed by atoms with Crippen molar-refractivity contribution in [3.63, 3.8) is 0 Å². The van der Waals surface area contributed by atoms with E-state index in [1.807, 2.05) is 6.92 Å². The lowest BCUT2D eigenvalue weighted by molar-refractivity contribution is 0.0823. The van der Waals surface area contributed by atoms with Gasteiger partial charge in [-0.15, -0.1) is 0 Å². The van der Waals surface area contributed by atoms with Crippen LogP contribution in [0.5, 0.6) is 0 Å². The highest BCUT2D eigenvalue weighted by atomic mass is 16.3. The monoisotopic (exact) mass is 249 g/mol. The van der Waals surface area contributed by atoms with E-state index in [4.69, 9.17) is 0 Å². The molecule has 0 radical (unpaired) electrons. The Hall–Kier alpha value is -1.49. The van der Waals surface area contributed by atoms with Crippen molar-refractivity contribution in [3.05, 3.63) is 23.3 Å². The summed E-state index contributed by atoms with van der Waals surface area (Å²) in [6, 6.07) is 0. The minimum Gasteiger partial charge on any atom is -0.394 e. The number of nitrogens with zero attached hydrogens (tertiary/aromatic N) is 2. The van der Waals surface area contributed by atoms with E-state index in [0.717, 1.165) is 12.8 Å². The summed E-state index contributed by atoms with van der Waals surface area (Å²) in [7, 11) is 0. The normalized spacial score (nSPS) is 18.2. The van der Waals surface area contributed by atoms with E-state index in [0.29, 0.717) is 23.0 Å². The van der Waals surface area contributed by atoms with Crippen LogP contribution in [0, 0.1) is 19.8 Å². The van der Waals surface area contributed by atoms with Gasteiger partial charge >= 0.3 is 0 Å². The molecule has 2 rings (SSSR count). The first kappa shape index (κ1) is 13.0. The third-order valence-corrected chi connectivity index (χ3v) is 3.55. The number of rotatable bonds is 4. The van der Waals surface area contributed by atoms with Gasteiger partial charge in [-0.25, -0.2) is 9.97 Å². The maximum absolute atomic E-state index is 12.2. The van der Waals surface area contributed by atoms with Gasteiger partial charge in [-0.05, 0) is 39.5 Å². The Morgan fingerprint density at radius 1 is 1.56 bits per heavy atom. The number of carbonyl (C=O) groups is 1. The van der Waals surface area contributed by atoms with Gasteiger partial charge in [0.25, 0.3) is 5.91 Å². The van der Waals surface area contributed by atoms with Crippen LogP contribution in [0.4, 0.5) is 0 Å². The molecule has 5 heteroatoms. The van der Waals surface area contributed by atoms with Crippen LogP contribution in [0.25, 0.3) is 0 Å². The van der Waals surface area contributed by atoms with Gasteiger partial charge in [0.2, 0.25) is 0 Å². The van der Waals surface area contributed by atoms with Gasteiger partial charge in [-0.2, -0.15) is 0 Å². The number of aliphatic hydroxyl groups excluding tert-OH is 1. The zero-order valence-corrected chi connectivity index (χ0v) is 11.0. The smallest absolute Gasteiger partial charge is 0.255 e. The minimum atomic E-state index is -0.533. The van der Waals surface area contributed by atoms with Crippen molar-refractivity contribution < 1.29 is 9.90 Å². The molecule has 1 unspecified atom stereocenters. The summed E-state index contributed by atoms with van der Waals surface area (Å²) >= 11 is 0. The van der Waals surface area contributed by atoms with Gasteiger partial charge in [0.1, 0.15) is 5.82 Å². The number of hydrogen-bond donors (Lipinski definition) is 2. The zero-order valence-electron chi connectivity index (χ0n) is 11.0. The van der Waals surface area contributed by atoms with Crippen molar-refractivity contribution >= 4 is 5.91 Å². The molecule has 0 saturated heterocycles. The summed E-state index contributed by atoms with van der Waals surface area (Å²) in [5, 5.41) is 12.4. The number of aromatic nitrogens is 2. The molecule has 1 atom stereocenters. The predicted octanol–water partition coefficient (Wildman–Crippen LogP) is 0.984. The lowest BCUT2D eigenvalue weighted by Gasteiger charge is -2.28.